The van der Waals surface area contributed by atoms with Crippen molar-refractivity contribution >= 4 is 6.29 Å². The summed E-state index contributed by atoms with van der Waals surface area (Å²) in [5.74, 6) is 0. The molecular formula is C7H13NO3. The van der Waals surface area contributed by atoms with Crippen LogP contribution in [0.4, 0.5) is 0 Å². The maximum Gasteiger partial charge on any atom is 0.141 e. The van der Waals surface area contributed by atoms with Crippen molar-refractivity contribution in [1.82, 2.24) is 5.06 Å². The predicted octanol–water partition coefficient (Wildman–Crippen LogP) is -0.164. The van der Waals surface area contributed by atoms with Gasteiger partial charge in [0.1, 0.15) is 12.3 Å². The summed E-state index contributed by atoms with van der Waals surface area (Å²) in [7, 11) is 1.56. The zero-order valence-corrected chi connectivity index (χ0v) is 6.82. The van der Waals surface area contributed by atoms with Crippen molar-refractivity contribution in [1.29, 1.82) is 0 Å². The zero-order valence-electron chi connectivity index (χ0n) is 6.82. The molecule has 0 saturated carbocycles. The van der Waals surface area contributed by atoms with Crippen LogP contribution in [0.2, 0.25) is 0 Å². The van der Waals surface area contributed by atoms with Gasteiger partial charge in [-0.1, -0.05) is 0 Å². The van der Waals surface area contributed by atoms with E-state index in [2.05, 4.69) is 0 Å². The fraction of sp³-hybridized carbons (Fsp3) is 0.857. The van der Waals surface area contributed by atoms with E-state index in [4.69, 9.17) is 9.57 Å². The first-order valence-corrected chi connectivity index (χ1v) is 3.65. The van der Waals surface area contributed by atoms with Crippen molar-refractivity contribution < 1.29 is 14.4 Å². The van der Waals surface area contributed by atoms with E-state index in [9.17, 15) is 4.79 Å². The summed E-state index contributed by atoms with van der Waals surface area (Å²) in [6.07, 6.45) is 0.987. The first-order chi connectivity index (χ1) is 5.27. The Morgan fingerprint density at radius 3 is 3.00 bits per heavy atom. The molecule has 4 heteroatoms. The number of carbonyl (C=O) groups is 1. The molecule has 0 N–H and O–H groups in total. The predicted molar refractivity (Wildman–Crippen MR) is 39.0 cm³/mol. The molecule has 0 radical (unpaired) electrons. The SMILES string of the molecule is CON1C[C@@H](C)OCC1C=O. The fourth-order valence-electron chi connectivity index (χ4n) is 1.10. The van der Waals surface area contributed by atoms with E-state index in [1.807, 2.05) is 6.92 Å². The van der Waals surface area contributed by atoms with E-state index >= 15 is 0 Å². The smallest absolute Gasteiger partial charge is 0.141 e. The summed E-state index contributed by atoms with van der Waals surface area (Å²) in [6.45, 7) is 3.03. The third kappa shape index (κ3) is 1.99. The molecule has 1 aliphatic rings. The molecule has 0 aliphatic carbocycles. The van der Waals surface area contributed by atoms with Crippen molar-refractivity contribution in [2.75, 3.05) is 20.3 Å². The summed E-state index contributed by atoms with van der Waals surface area (Å²) in [5, 5.41) is 1.64. The molecule has 0 aromatic heterocycles. The topological polar surface area (TPSA) is 38.8 Å². The molecule has 1 heterocycles. The van der Waals surface area contributed by atoms with Crippen LogP contribution in [0, 0.1) is 0 Å². The van der Waals surface area contributed by atoms with Gasteiger partial charge >= 0.3 is 0 Å². The lowest BCUT2D eigenvalue weighted by Crippen LogP contribution is -2.48. The lowest BCUT2D eigenvalue weighted by Gasteiger charge is -2.33. The van der Waals surface area contributed by atoms with Crippen LogP contribution in [0.5, 0.6) is 0 Å². The minimum atomic E-state index is -0.240. The Kier molecular flexibility index (Phi) is 2.99. The number of rotatable bonds is 2. The van der Waals surface area contributed by atoms with Gasteiger partial charge in [0.05, 0.1) is 26.4 Å². The average molecular weight is 159 g/mol. The highest BCUT2D eigenvalue weighted by molar-refractivity contribution is 5.57. The van der Waals surface area contributed by atoms with Crippen LogP contribution in [0.1, 0.15) is 6.92 Å². The van der Waals surface area contributed by atoms with Gasteiger partial charge in [0.25, 0.3) is 0 Å². The van der Waals surface area contributed by atoms with Crippen LogP contribution in [-0.4, -0.2) is 43.8 Å². The van der Waals surface area contributed by atoms with E-state index in [0.717, 1.165) is 6.29 Å². The molecule has 0 aromatic rings. The van der Waals surface area contributed by atoms with Gasteiger partial charge in [-0.2, -0.15) is 5.06 Å². The van der Waals surface area contributed by atoms with E-state index in [1.54, 1.807) is 12.2 Å². The molecule has 11 heavy (non-hydrogen) atoms. The van der Waals surface area contributed by atoms with Gasteiger partial charge < -0.3 is 14.4 Å². The van der Waals surface area contributed by atoms with E-state index in [0.29, 0.717) is 13.2 Å². The van der Waals surface area contributed by atoms with Gasteiger partial charge in [-0.15, -0.1) is 0 Å². The Labute approximate surface area is 66.0 Å². The molecule has 2 atom stereocenters. The number of hydrogen-bond acceptors (Lipinski definition) is 4. The normalized spacial score (nSPS) is 33.6. The second-order valence-corrected chi connectivity index (χ2v) is 2.63. The van der Waals surface area contributed by atoms with Gasteiger partial charge in [0.2, 0.25) is 0 Å². The number of hydrogen-bond donors (Lipinski definition) is 0. The highest BCUT2D eigenvalue weighted by Gasteiger charge is 2.26. The Balaban J connectivity index is 2.47. The number of nitrogens with zero attached hydrogens (tertiary/aromatic N) is 1. The maximum absolute atomic E-state index is 10.4. The second-order valence-electron chi connectivity index (χ2n) is 2.63. The van der Waals surface area contributed by atoms with Crippen LogP contribution in [0.3, 0.4) is 0 Å². The second kappa shape index (κ2) is 3.80. The van der Waals surface area contributed by atoms with Gasteiger partial charge in [0, 0.05) is 0 Å². The van der Waals surface area contributed by atoms with Gasteiger partial charge in [0.15, 0.2) is 0 Å². The van der Waals surface area contributed by atoms with Crippen molar-refractivity contribution in [3.05, 3.63) is 0 Å². The summed E-state index contributed by atoms with van der Waals surface area (Å²) in [4.78, 5) is 15.4. The maximum atomic E-state index is 10.4. The third-order valence-corrected chi connectivity index (χ3v) is 1.75. The van der Waals surface area contributed by atoms with Crippen molar-refractivity contribution in [2.24, 2.45) is 0 Å². The Morgan fingerprint density at radius 1 is 1.73 bits per heavy atom. The lowest BCUT2D eigenvalue weighted by atomic mass is 10.2. The molecule has 0 aromatic carbocycles. The van der Waals surface area contributed by atoms with Crippen LogP contribution < -0.4 is 0 Å². The minimum Gasteiger partial charge on any atom is -0.375 e. The molecular weight excluding hydrogens is 146 g/mol. The number of morpholine rings is 1. The van der Waals surface area contributed by atoms with E-state index < -0.39 is 0 Å². The number of aldehydes is 1. The highest BCUT2D eigenvalue weighted by atomic mass is 16.7. The van der Waals surface area contributed by atoms with Crippen LogP contribution in [0.15, 0.2) is 0 Å². The first kappa shape index (κ1) is 8.64. The Morgan fingerprint density at radius 2 is 2.45 bits per heavy atom. The molecule has 64 valence electrons. The molecule has 1 fully saturated rings. The van der Waals surface area contributed by atoms with Crippen LogP contribution in [-0.2, 0) is 14.4 Å². The fourth-order valence-corrected chi connectivity index (χ4v) is 1.10. The molecule has 1 saturated heterocycles. The monoisotopic (exact) mass is 159 g/mol. The van der Waals surface area contributed by atoms with Gasteiger partial charge in [-0.3, -0.25) is 0 Å². The Bertz CT molecular complexity index is 140. The third-order valence-electron chi connectivity index (χ3n) is 1.75. The largest absolute Gasteiger partial charge is 0.375 e. The molecule has 0 spiro atoms. The minimum absolute atomic E-state index is 0.145. The molecule has 0 bridgehead atoms. The summed E-state index contributed by atoms with van der Waals surface area (Å²) in [6, 6.07) is -0.240. The highest BCUT2D eigenvalue weighted by Crippen LogP contribution is 2.09. The van der Waals surface area contributed by atoms with Crippen LogP contribution in [0.25, 0.3) is 0 Å². The molecule has 1 unspecified atom stereocenters. The molecule has 1 aliphatic heterocycles. The van der Waals surface area contributed by atoms with Gasteiger partial charge in [-0.25, -0.2) is 0 Å². The summed E-state index contributed by atoms with van der Waals surface area (Å²) < 4.78 is 5.26. The zero-order chi connectivity index (χ0) is 8.27. The molecule has 4 nitrogen and oxygen atoms in total. The van der Waals surface area contributed by atoms with Crippen molar-refractivity contribution in [3.63, 3.8) is 0 Å². The average Bonchev–Trinajstić information content (AvgIpc) is 2.04. The van der Waals surface area contributed by atoms with E-state index in [-0.39, 0.29) is 12.1 Å². The standard InChI is InChI=1S/C7H13NO3/c1-6-3-8(10-2)7(4-9)5-11-6/h4,6-7H,3,5H2,1-2H3/t6-,7?/m1/s1. The first-order valence-electron chi connectivity index (χ1n) is 3.65. The summed E-state index contributed by atoms with van der Waals surface area (Å²) >= 11 is 0. The molecule has 1 rings (SSSR count). The van der Waals surface area contributed by atoms with Gasteiger partial charge in [-0.05, 0) is 6.92 Å². The lowest BCUT2D eigenvalue weighted by molar-refractivity contribution is -0.215. The number of hydroxylamine groups is 2. The number of carbonyl (C=O) groups excluding carboxylic acids is 1. The molecule has 0 amide bonds. The van der Waals surface area contributed by atoms with Crippen molar-refractivity contribution in [2.45, 2.75) is 19.1 Å². The quantitative estimate of drug-likeness (QED) is 0.525. The summed E-state index contributed by atoms with van der Waals surface area (Å²) in [5.41, 5.74) is 0. The van der Waals surface area contributed by atoms with Crippen molar-refractivity contribution in [3.8, 4) is 0 Å². The number of ether oxygens (including phenoxy) is 1. The van der Waals surface area contributed by atoms with E-state index in [1.165, 1.54) is 0 Å². The van der Waals surface area contributed by atoms with Crippen LogP contribution >= 0.6 is 0 Å². The Hall–Kier alpha value is -0.450.